The zero-order chi connectivity index (χ0) is 14.6. The van der Waals surface area contributed by atoms with Gasteiger partial charge < -0.3 is 14.7 Å². The molecule has 2 aromatic heterocycles. The zero-order valence-corrected chi connectivity index (χ0v) is 13.1. The third-order valence-electron chi connectivity index (χ3n) is 4.21. The monoisotopic (exact) mass is 347 g/mol. The summed E-state index contributed by atoms with van der Waals surface area (Å²) in [5, 5.41) is 5.07. The van der Waals surface area contributed by atoms with Gasteiger partial charge in [0.2, 0.25) is 0 Å². The molecule has 6 heteroatoms. The lowest BCUT2D eigenvalue weighted by atomic mass is 9.77. The maximum absolute atomic E-state index is 6.23. The molecule has 1 aliphatic carbocycles. The minimum atomic E-state index is -0.426. The number of nitrogens with two attached hydrogens (primary N) is 1. The van der Waals surface area contributed by atoms with Crippen LogP contribution in [0.2, 0.25) is 0 Å². The van der Waals surface area contributed by atoms with E-state index in [9.17, 15) is 0 Å². The lowest BCUT2D eigenvalue weighted by Crippen LogP contribution is -2.44. The standard InChI is InChI=1S/C15H14BrN3O2/c1-8-10-7-9(16)3-4-11(10)20-12(8)13-18-14(19-21-13)15(17)5-2-6-15/h3-4,7H,2,5-6,17H2,1H3. The average Bonchev–Trinajstić information content (AvgIpc) is 3.02. The molecule has 2 N–H and O–H groups in total. The third kappa shape index (κ3) is 1.93. The lowest BCUT2D eigenvalue weighted by molar-refractivity contribution is 0.229. The van der Waals surface area contributed by atoms with Gasteiger partial charge in [-0.3, -0.25) is 0 Å². The Morgan fingerprint density at radius 2 is 2.14 bits per heavy atom. The van der Waals surface area contributed by atoms with Crippen LogP contribution in [-0.4, -0.2) is 10.1 Å². The van der Waals surface area contributed by atoms with Crippen LogP contribution >= 0.6 is 15.9 Å². The smallest absolute Gasteiger partial charge is 0.294 e. The van der Waals surface area contributed by atoms with E-state index < -0.39 is 5.54 Å². The van der Waals surface area contributed by atoms with Gasteiger partial charge in [-0.25, -0.2) is 0 Å². The van der Waals surface area contributed by atoms with Crippen molar-refractivity contribution in [1.82, 2.24) is 10.1 Å². The quantitative estimate of drug-likeness (QED) is 0.760. The molecule has 0 saturated heterocycles. The fourth-order valence-corrected chi connectivity index (χ4v) is 3.06. The highest BCUT2D eigenvalue weighted by atomic mass is 79.9. The molecule has 0 amide bonds. The maximum atomic E-state index is 6.23. The zero-order valence-electron chi connectivity index (χ0n) is 11.5. The lowest BCUT2D eigenvalue weighted by Gasteiger charge is -2.34. The average molecular weight is 348 g/mol. The topological polar surface area (TPSA) is 78.1 Å². The number of fused-ring (bicyclic) bond motifs is 1. The molecular weight excluding hydrogens is 334 g/mol. The SMILES string of the molecule is Cc1c(-c2nc(C3(N)CCC3)no2)oc2ccc(Br)cc12. The number of aromatic nitrogens is 2. The molecule has 0 bridgehead atoms. The summed E-state index contributed by atoms with van der Waals surface area (Å²) in [6.45, 7) is 1.99. The maximum Gasteiger partial charge on any atom is 0.294 e. The second kappa shape index (κ2) is 4.42. The Morgan fingerprint density at radius 3 is 2.86 bits per heavy atom. The normalized spacial score (nSPS) is 17.1. The minimum absolute atomic E-state index is 0.395. The Hall–Kier alpha value is -1.66. The molecule has 21 heavy (non-hydrogen) atoms. The van der Waals surface area contributed by atoms with E-state index >= 15 is 0 Å². The van der Waals surface area contributed by atoms with Gasteiger partial charge in [0.25, 0.3) is 5.89 Å². The first-order chi connectivity index (χ1) is 10.1. The van der Waals surface area contributed by atoms with E-state index in [0.29, 0.717) is 17.5 Å². The Kier molecular flexibility index (Phi) is 2.74. The van der Waals surface area contributed by atoms with E-state index in [4.69, 9.17) is 14.7 Å². The van der Waals surface area contributed by atoms with E-state index in [-0.39, 0.29) is 0 Å². The molecule has 0 radical (unpaired) electrons. The van der Waals surface area contributed by atoms with Crippen LogP contribution in [0.5, 0.6) is 0 Å². The Morgan fingerprint density at radius 1 is 1.33 bits per heavy atom. The van der Waals surface area contributed by atoms with E-state index in [0.717, 1.165) is 40.3 Å². The van der Waals surface area contributed by atoms with Crippen molar-refractivity contribution < 1.29 is 8.94 Å². The van der Waals surface area contributed by atoms with Crippen LogP contribution in [0.3, 0.4) is 0 Å². The van der Waals surface area contributed by atoms with E-state index in [1.807, 2.05) is 25.1 Å². The van der Waals surface area contributed by atoms with Gasteiger partial charge in [0.05, 0.1) is 5.54 Å². The third-order valence-corrected chi connectivity index (χ3v) is 4.70. The van der Waals surface area contributed by atoms with Crippen molar-refractivity contribution in [1.29, 1.82) is 0 Å². The number of rotatable bonds is 2. The molecule has 0 unspecified atom stereocenters. The van der Waals surface area contributed by atoms with Crippen LogP contribution < -0.4 is 5.73 Å². The highest BCUT2D eigenvalue weighted by Crippen LogP contribution is 2.39. The molecular formula is C15H14BrN3O2. The van der Waals surface area contributed by atoms with Crippen molar-refractivity contribution in [2.24, 2.45) is 5.73 Å². The number of aryl methyl sites for hydroxylation is 1. The summed E-state index contributed by atoms with van der Waals surface area (Å²) in [6.07, 6.45) is 2.91. The predicted octanol–water partition coefficient (Wildman–Crippen LogP) is 3.89. The Bertz CT molecular complexity index is 833. The molecule has 5 nitrogen and oxygen atoms in total. The van der Waals surface area contributed by atoms with E-state index in [2.05, 4.69) is 26.1 Å². The van der Waals surface area contributed by atoms with Gasteiger partial charge in [-0.05, 0) is 44.4 Å². The summed E-state index contributed by atoms with van der Waals surface area (Å²) in [7, 11) is 0. The molecule has 3 aromatic rings. The van der Waals surface area contributed by atoms with Crippen LogP contribution in [0.4, 0.5) is 0 Å². The van der Waals surface area contributed by atoms with Gasteiger partial charge in [-0.15, -0.1) is 0 Å². The molecule has 1 saturated carbocycles. The number of nitrogens with zero attached hydrogens (tertiary/aromatic N) is 2. The molecule has 1 aromatic carbocycles. The van der Waals surface area contributed by atoms with Crippen molar-refractivity contribution in [2.45, 2.75) is 31.7 Å². The van der Waals surface area contributed by atoms with Crippen LogP contribution in [-0.2, 0) is 5.54 Å². The summed E-state index contributed by atoms with van der Waals surface area (Å²) >= 11 is 3.47. The highest BCUT2D eigenvalue weighted by molar-refractivity contribution is 9.10. The van der Waals surface area contributed by atoms with E-state index in [1.165, 1.54) is 0 Å². The highest BCUT2D eigenvalue weighted by Gasteiger charge is 2.39. The predicted molar refractivity (Wildman–Crippen MR) is 81.7 cm³/mol. The number of halogens is 1. The van der Waals surface area contributed by atoms with Crippen molar-refractivity contribution in [3.8, 4) is 11.7 Å². The number of hydrogen-bond acceptors (Lipinski definition) is 5. The molecule has 0 aliphatic heterocycles. The summed E-state index contributed by atoms with van der Waals surface area (Å²) < 4.78 is 12.2. The first-order valence-electron chi connectivity index (χ1n) is 6.89. The van der Waals surface area contributed by atoms with Gasteiger partial charge in [0.1, 0.15) is 5.58 Å². The Labute approximate surface area is 129 Å². The second-order valence-corrected chi connectivity index (χ2v) is 6.55. The van der Waals surface area contributed by atoms with Crippen molar-refractivity contribution in [2.75, 3.05) is 0 Å². The van der Waals surface area contributed by atoms with Crippen LogP contribution in [0.15, 0.2) is 31.6 Å². The second-order valence-electron chi connectivity index (χ2n) is 5.63. The molecule has 1 aliphatic rings. The number of benzene rings is 1. The molecule has 2 heterocycles. The first kappa shape index (κ1) is 13.0. The molecule has 108 valence electrons. The van der Waals surface area contributed by atoms with Gasteiger partial charge in [0.15, 0.2) is 11.6 Å². The molecule has 1 fully saturated rings. The van der Waals surface area contributed by atoms with Crippen molar-refractivity contribution >= 4 is 26.9 Å². The molecule has 0 spiro atoms. The summed E-state index contributed by atoms with van der Waals surface area (Å²) in [5.74, 6) is 1.58. The summed E-state index contributed by atoms with van der Waals surface area (Å²) in [6, 6.07) is 5.88. The van der Waals surface area contributed by atoms with Gasteiger partial charge in [0, 0.05) is 15.4 Å². The van der Waals surface area contributed by atoms with Crippen LogP contribution in [0.25, 0.3) is 22.6 Å². The summed E-state index contributed by atoms with van der Waals surface area (Å²) in [5.41, 5.74) is 7.59. The van der Waals surface area contributed by atoms with Crippen molar-refractivity contribution in [3.63, 3.8) is 0 Å². The fraction of sp³-hybridized carbons (Fsp3) is 0.333. The Balaban J connectivity index is 1.81. The van der Waals surface area contributed by atoms with Gasteiger partial charge in [-0.1, -0.05) is 21.1 Å². The first-order valence-corrected chi connectivity index (χ1v) is 7.68. The molecule has 4 rings (SSSR count). The van der Waals surface area contributed by atoms with Crippen LogP contribution in [0.1, 0.15) is 30.7 Å². The van der Waals surface area contributed by atoms with Gasteiger partial charge in [-0.2, -0.15) is 4.98 Å². The minimum Gasteiger partial charge on any atom is -0.451 e. The van der Waals surface area contributed by atoms with Crippen molar-refractivity contribution in [3.05, 3.63) is 34.1 Å². The molecule has 0 atom stereocenters. The van der Waals surface area contributed by atoms with Gasteiger partial charge >= 0.3 is 0 Å². The largest absolute Gasteiger partial charge is 0.451 e. The van der Waals surface area contributed by atoms with E-state index in [1.54, 1.807) is 0 Å². The fourth-order valence-electron chi connectivity index (χ4n) is 2.70. The summed E-state index contributed by atoms with van der Waals surface area (Å²) in [4.78, 5) is 4.44. The number of hydrogen-bond donors (Lipinski definition) is 1. The number of furan rings is 1. The van der Waals surface area contributed by atoms with Crippen LogP contribution in [0, 0.1) is 6.92 Å².